The molecule has 0 amide bonds. The minimum Gasteiger partial charge on any atom is -0.437 e. The maximum atomic E-state index is 6.33. The van der Waals surface area contributed by atoms with Gasteiger partial charge in [-0.25, -0.2) is 4.98 Å². The first-order valence-corrected chi connectivity index (χ1v) is 10.4. The smallest absolute Gasteiger partial charge is 0.227 e. The highest BCUT2D eigenvalue weighted by atomic mass is 16.3. The van der Waals surface area contributed by atoms with Crippen molar-refractivity contribution in [3.63, 3.8) is 0 Å². The van der Waals surface area contributed by atoms with Gasteiger partial charge >= 0.3 is 0 Å². The van der Waals surface area contributed by atoms with Crippen LogP contribution >= 0.6 is 0 Å². The normalized spacial score (nSPS) is 11.5. The fourth-order valence-corrected chi connectivity index (χ4v) is 4.34. The number of aryl methyl sites for hydroxylation is 4. The first-order chi connectivity index (χ1) is 14.6. The van der Waals surface area contributed by atoms with Crippen molar-refractivity contribution >= 4 is 22.1 Å². The number of hydrogen-bond acceptors (Lipinski definition) is 3. The third-order valence-electron chi connectivity index (χ3n) is 5.98. The second kappa shape index (κ2) is 7.10. The Morgan fingerprint density at radius 2 is 1.57 bits per heavy atom. The van der Waals surface area contributed by atoms with Gasteiger partial charge in [0.05, 0.1) is 11.4 Å². The quantitative estimate of drug-likeness (QED) is 0.326. The van der Waals surface area contributed by atoms with E-state index in [1.165, 1.54) is 27.8 Å². The van der Waals surface area contributed by atoms with Crippen molar-refractivity contribution in [2.75, 3.05) is 0 Å². The third-order valence-corrected chi connectivity index (χ3v) is 5.98. The number of nitrogens with zero attached hydrogens (tertiary/aromatic N) is 2. The third kappa shape index (κ3) is 2.89. The molecule has 3 heterocycles. The van der Waals surface area contributed by atoms with Gasteiger partial charge in [-0.2, -0.15) is 0 Å². The molecule has 5 aromatic rings. The molecule has 0 N–H and O–H groups in total. The van der Waals surface area contributed by atoms with Crippen molar-refractivity contribution in [3.05, 3.63) is 83.0 Å². The average Bonchev–Trinajstić information content (AvgIpc) is 3.11. The van der Waals surface area contributed by atoms with Gasteiger partial charge in [0.2, 0.25) is 5.71 Å². The minimum atomic E-state index is 0.666. The number of fused-ring (bicyclic) bond motifs is 3. The number of rotatable bonds is 3. The summed E-state index contributed by atoms with van der Waals surface area (Å²) >= 11 is 0. The second-order valence-corrected chi connectivity index (χ2v) is 7.95. The molecular formula is C27H24N2O. The standard InChI is InChI=1S/C27H24N2O/c1-5-19-15-28-24(14-18(19)4)22-11-7-10-20-21-12-13-23(29-27(21)30-26(20)22)25-16(2)8-6-9-17(25)3/h6-15H,5H2,1-4H3. The first-order valence-electron chi connectivity index (χ1n) is 10.4. The van der Waals surface area contributed by atoms with Crippen molar-refractivity contribution in [2.24, 2.45) is 0 Å². The molecule has 0 aliphatic carbocycles. The number of para-hydroxylation sites is 1. The maximum Gasteiger partial charge on any atom is 0.227 e. The summed E-state index contributed by atoms with van der Waals surface area (Å²) < 4.78 is 6.33. The Morgan fingerprint density at radius 3 is 2.30 bits per heavy atom. The van der Waals surface area contributed by atoms with E-state index in [-0.39, 0.29) is 0 Å². The zero-order valence-corrected chi connectivity index (χ0v) is 17.8. The van der Waals surface area contributed by atoms with Crippen LogP contribution in [-0.2, 0) is 6.42 Å². The monoisotopic (exact) mass is 392 g/mol. The maximum absolute atomic E-state index is 6.33. The lowest BCUT2D eigenvalue weighted by atomic mass is 9.99. The van der Waals surface area contributed by atoms with E-state index in [0.29, 0.717) is 5.71 Å². The Balaban J connectivity index is 1.72. The summed E-state index contributed by atoms with van der Waals surface area (Å²) in [4.78, 5) is 9.61. The predicted molar refractivity (Wildman–Crippen MR) is 124 cm³/mol. The van der Waals surface area contributed by atoms with Gasteiger partial charge < -0.3 is 4.42 Å². The molecule has 0 fully saturated rings. The van der Waals surface area contributed by atoms with Crippen LogP contribution in [0, 0.1) is 20.8 Å². The van der Waals surface area contributed by atoms with E-state index >= 15 is 0 Å². The van der Waals surface area contributed by atoms with Crippen LogP contribution in [0.5, 0.6) is 0 Å². The van der Waals surface area contributed by atoms with E-state index in [1.807, 2.05) is 6.20 Å². The van der Waals surface area contributed by atoms with Gasteiger partial charge in [0.15, 0.2) is 0 Å². The van der Waals surface area contributed by atoms with Gasteiger partial charge in [0, 0.05) is 28.1 Å². The summed E-state index contributed by atoms with van der Waals surface area (Å²) in [7, 11) is 0. The van der Waals surface area contributed by atoms with Crippen LogP contribution in [0.4, 0.5) is 0 Å². The lowest BCUT2D eigenvalue weighted by Crippen LogP contribution is -1.91. The van der Waals surface area contributed by atoms with E-state index in [0.717, 1.165) is 39.7 Å². The van der Waals surface area contributed by atoms with Crippen molar-refractivity contribution in [1.29, 1.82) is 0 Å². The highest BCUT2D eigenvalue weighted by Gasteiger charge is 2.16. The van der Waals surface area contributed by atoms with Gasteiger partial charge in [-0.1, -0.05) is 37.3 Å². The van der Waals surface area contributed by atoms with Gasteiger partial charge in [0.1, 0.15) is 5.58 Å². The van der Waals surface area contributed by atoms with Crippen molar-refractivity contribution in [3.8, 4) is 22.5 Å². The lowest BCUT2D eigenvalue weighted by Gasteiger charge is -2.08. The summed E-state index contributed by atoms with van der Waals surface area (Å²) in [5.74, 6) is 0. The summed E-state index contributed by atoms with van der Waals surface area (Å²) in [6, 6.07) is 18.9. The number of furan rings is 1. The number of benzene rings is 2. The molecule has 0 atom stereocenters. The largest absolute Gasteiger partial charge is 0.437 e. The molecule has 0 aliphatic heterocycles. The van der Waals surface area contributed by atoms with Crippen LogP contribution in [0.25, 0.3) is 44.6 Å². The number of hydrogen-bond donors (Lipinski definition) is 0. The van der Waals surface area contributed by atoms with Crippen molar-refractivity contribution in [1.82, 2.24) is 9.97 Å². The van der Waals surface area contributed by atoms with Gasteiger partial charge in [0.25, 0.3) is 0 Å². The van der Waals surface area contributed by atoms with Crippen LogP contribution in [-0.4, -0.2) is 9.97 Å². The number of pyridine rings is 2. The average molecular weight is 393 g/mol. The molecule has 0 aliphatic rings. The van der Waals surface area contributed by atoms with E-state index in [4.69, 9.17) is 14.4 Å². The molecule has 0 radical (unpaired) electrons. The van der Waals surface area contributed by atoms with Crippen LogP contribution < -0.4 is 0 Å². The van der Waals surface area contributed by atoms with Gasteiger partial charge in [-0.15, -0.1) is 0 Å². The van der Waals surface area contributed by atoms with Gasteiger partial charge in [-0.3, -0.25) is 4.98 Å². The summed E-state index contributed by atoms with van der Waals surface area (Å²) in [6.07, 6.45) is 2.96. The second-order valence-electron chi connectivity index (χ2n) is 7.95. The Bertz CT molecular complexity index is 1390. The number of aromatic nitrogens is 2. The molecule has 3 aromatic heterocycles. The van der Waals surface area contributed by atoms with Crippen molar-refractivity contribution < 1.29 is 4.42 Å². The Labute approximate surface area is 176 Å². The fraction of sp³-hybridized carbons (Fsp3) is 0.185. The van der Waals surface area contributed by atoms with Crippen LogP contribution in [0.1, 0.15) is 29.2 Å². The molecule has 3 nitrogen and oxygen atoms in total. The van der Waals surface area contributed by atoms with E-state index in [9.17, 15) is 0 Å². The summed E-state index contributed by atoms with van der Waals surface area (Å²) in [5, 5.41) is 2.10. The predicted octanol–water partition coefficient (Wildman–Crippen LogP) is 7.20. The fourth-order valence-electron chi connectivity index (χ4n) is 4.34. The molecule has 148 valence electrons. The van der Waals surface area contributed by atoms with Crippen LogP contribution in [0.3, 0.4) is 0 Å². The van der Waals surface area contributed by atoms with E-state index in [2.05, 4.69) is 82.3 Å². The molecular weight excluding hydrogens is 368 g/mol. The topological polar surface area (TPSA) is 38.9 Å². The molecule has 0 spiro atoms. The molecule has 5 rings (SSSR count). The molecule has 30 heavy (non-hydrogen) atoms. The summed E-state index contributed by atoms with van der Waals surface area (Å²) in [5.41, 5.74) is 10.5. The zero-order valence-electron chi connectivity index (χ0n) is 17.8. The molecule has 0 bridgehead atoms. The van der Waals surface area contributed by atoms with Gasteiger partial charge in [-0.05, 0) is 73.7 Å². The first kappa shape index (κ1) is 18.6. The minimum absolute atomic E-state index is 0.666. The Morgan fingerprint density at radius 1 is 0.800 bits per heavy atom. The van der Waals surface area contributed by atoms with Crippen molar-refractivity contribution in [2.45, 2.75) is 34.1 Å². The molecule has 3 heteroatoms. The molecule has 0 saturated heterocycles. The zero-order chi connectivity index (χ0) is 20.8. The SMILES string of the molecule is CCc1cnc(-c2cccc3c2oc2nc(-c4c(C)cccc4C)ccc23)cc1C. The Kier molecular flexibility index (Phi) is 4.39. The highest BCUT2D eigenvalue weighted by molar-refractivity contribution is 6.08. The highest BCUT2D eigenvalue weighted by Crippen LogP contribution is 2.36. The molecule has 2 aromatic carbocycles. The van der Waals surface area contributed by atoms with Crippen LogP contribution in [0.2, 0.25) is 0 Å². The molecule has 0 saturated carbocycles. The van der Waals surface area contributed by atoms with E-state index in [1.54, 1.807) is 0 Å². The molecule has 0 unspecified atom stereocenters. The summed E-state index contributed by atoms with van der Waals surface area (Å²) in [6.45, 7) is 8.54. The van der Waals surface area contributed by atoms with Crippen LogP contribution in [0.15, 0.2) is 65.2 Å². The van der Waals surface area contributed by atoms with E-state index < -0.39 is 0 Å². The lowest BCUT2D eigenvalue weighted by molar-refractivity contribution is 0.655. The Hall–Kier alpha value is -3.46.